The van der Waals surface area contributed by atoms with E-state index in [1.54, 1.807) is 24.3 Å². The maximum Gasteiger partial charge on any atom is 0.256 e. The standard InChI is InChI=1S/C20H20N2O5/c1-2-11-27-16-9-7-15(8-10-16)22-18(23)12-17(19(22)24)21-14-5-3-13(4-6-14)20(25)26/h3-10,17,21H,2,11-12H2,1H3,(H,25,26)/p-1/t17-/m1/s1. The molecule has 1 aliphatic rings. The monoisotopic (exact) mass is 367 g/mol. The molecule has 1 fully saturated rings. The number of carboxylic acids is 1. The van der Waals surface area contributed by atoms with Crippen LogP contribution in [0.5, 0.6) is 5.75 Å². The Bertz CT molecular complexity index is 846. The molecule has 1 heterocycles. The first-order valence-corrected chi connectivity index (χ1v) is 8.67. The van der Waals surface area contributed by atoms with Gasteiger partial charge in [0, 0.05) is 5.69 Å². The zero-order valence-corrected chi connectivity index (χ0v) is 14.8. The predicted molar refractivity (Wildman–Crippen MR) is 97.5 cm³/mol. The number of carbonyl (C=O) groups is 3. The van der Waals surface area contributed by atoms with Crippen molar-refractivity contribution in [2.75, 3.05) is 16.8 Å². The summed E-state index contributed by atoms with van der Waals surface area (Å²) in [6.07, 6.45) is 0.914. The van der Waals surface area contributed by atoms with Crippen LogP contribution in [0.25, 0.3) is 0 Å². The van der Waals surface area contributed by atoms with Crippen molar-refractivity contribution in [3.05, 3.63) is 54.1 Å². The summed E-state index contributed by atoms with van der Waals surface area (Å²) in [7, 11) is 0. The third-order valence-electron chi connectivity index (χ3n) is 4.18. The number of imide groups is 1. The summed E-state index contributed by atoms with van der Waals surface area (Å²) in [4.78, 5) is 36.9. The van der Waals surface area contributed by atoms with Crippen molar-refractivity contribution in [1.82, 2.24) is 0 Å². The molecule has 0 spiro atoms. The Morgan fingerprint density at radius 1 is 1.15 bits per heavy atom. The molecule has 0 aliphatic carbocycles. The number of carbonyl (C=O) groups excluding carboxylic acids is 3. The van der Waals surface area contributed by atoms with E-state index in [-0.39, 0.29) is 23.8 Å². The average molecular weight is 367 g/mol. The number of nitrogens with one attached hydrogen (secondary N) is 1. The first kappa shape index (κ1) is 18.4. The lowest BCUT2D eigenvalue weighted by molar-refractivity contribution is -0.255. The maximum atomic E-state index is 12.7. The van der Waals surface area contributed by atoms with E-state index < -0.39 is 12.0 Å². The lowest BCUT2D eigenvalue weighted by atomic mass is 10.2. The van der Waals surface area contributed by atoms with Crippen molar-refractivity contribution in [2.24, 2.45) is 0 Å². The Labute approximate surface area is 156 Å². The van der Waals surface area contributed by atoms with Gasteiger partial charge in [-0.05, 0) is 48.4 Å². The van der Waals surface area contributed by atoms with Crippen LogP contribution in [0.3, 0.4) is 0 Å². The molecule has 2 aromatic rings. The summed E-state index contributed by atoms with van der Waals surface area (Å²) in [5, 5.41) is 13.8. The summed E-state index contributed by atoms with van der Waals surface area (Å²) < 4.78 is 5.51. The average Bonchev–Trinajstić information content (AvgIpc) is 2.94. The Balaban J connectivity index is 1.70. The highest BCUT2D eigenvalue weighted by atomic mass is 16.5. The topological polar surface area (TPSA) is 98.8 Å². The Hall–Kier alpha value is -3.35. The fraction of sp³-hybridized carbons (Fsp3) is 0.250. The Morgan fingerprint density at radius 2 is 1.81 bits per heavy atom. The molecule has 1 aliphatic heterocycles. The number of anilines is 2. The summed E-state index contributed by atoms with van der Waals surface area (Å²) >= 11 is 0. The van der Waals surface area contributed by atoms with Crippen LogP contribution in [0.15, 0.2) is 48.5 Å². The van der Waals surface area contributed by atoms with Gasteiger partial charge in [-0.15, -0.1) is 0 Å². The number of rotatable bonds is 7. The van der Waals surface area contributed by atoms with Gasteiger partial charge in [0.2, 0.25) is 5.91 Å². The van der Waals surface area contributed by atoms with Gasteiger partial charge in [0.1, 0.15) is 11.8 Å². The van der Waals surface area contributed by atoms with Crippen LogP contribution in [-0.2, 0) is 9.59 Å². The lowest BCUT2D eigenvalue weighted by Gasteiger charge is -2.17. The Kier molecular flexibility index (Phi) is 5.40. The number of amides is 2. The number of hydrogen-bond donors (Lipinski definition) is 1. The first-order chi connectivity index (χ1) is 13.0. The van der Waals surface area contributed by atoms with Gasteiger partial charge in [-0.1, -0.05) is 19.1 Å². The van der Waals surface area contributed by atoms with Crippen LogP contribution in [0.1, 0.15) is 30.1 Å². The first-order valence-electron chi connectivity index (χ1n) is 8.67. The number of hydrogen-bond acceptors (Lipinski definition) is 6. The SMILES string of the molecule is CCCOc1ccc(N2C(=O)C[C@@H](Nc3ccc(C(=O)[O-])cc3)C2=O)cc1. The molecule has 1 N–H and O–H groups in total. The number of aromatic carboxylic acids is 1. The lowest BCUT2D eigenvalue weighted by Crippen LogP contribution is -2.34. The van der Waals surface area contributed by atoms with Crippen molar-refractivity contribution >= 4 is 29.2 Å². The molecule has 1 atom stereocenters. The van der Waals surface area contributed by atoms with Gasteiger partial charge in [-0.25, -0.2) is 4.90 Å². The highest BCUT2D eigenvalue weighted by Gasteiger charge is 2.39. The third-order valence-corrected chi connectivity index (χ3v) is 4.18. The second kappa shape index (κ2) is 7.90. The van der Waals surface area contributed by atoms with E-state index >= 15 is 0 Å². The molecule has 7 heteroatoms. The summed E-state index contributed by atoms with van der Waals surface area (Å²) in [5.74, 6) is -1.24. The highest BCUT2D eigenvalue weighted by molar-refractivity contribution is 6.23. The van der Waals surface area contributed by atoms with Crippen LogP contribution < -0.4 is 20.1 Å². The molecule has 2 aromatic carbocycles. The van der Waals surface area contributed by atoms with E-state index in [1.807, 2.05) is 6.92 Å². The van der Waals surface area contributed by atoms with Crippen molar-refractivity contribution in [3.8, 4) is 5.75 Å². The zero-order valence-electron chi connectivity index (χ0n) is 14.8. The van der Waals surface area contributed by atoms with Gasteiger partial charge < -0.3 is 20.0 Å². The van der Waals surface area contributed by atoms with Crippen LogP contribution in [0.2, 0.25) is 0 Å². The number of benzene rings is 2. The molecule has 0 aromatic heterocycles. The van der Waals surface area contributed by atoms with Gasteiger partial charge in [0.05, 0.1) is 24.7 Å². The van der Waals surface area contributed by atoms with Crippen molar-refractivity contribution in [1.29, 1.82) is 0 Å². The molecule has 7 nitrogen and oxygen atoms in total. The summed E-state index contributed by atoms with van der Waals surface area (Å²) in [6, 6.07) is 11.9. The molecule has 2 amide bonds. The fourth-order valence-electron chi connectivity index (χ4n) is 2.83. The molecule has 140 valence electrons. The van der Waals surface area contributed by atoms with Crippen LogP contribution >= 0.6 is 0 Å². The minimum absolute atomic E-state index is 0.0230. The molecule has 3 rings (SSSR count). The van der Waals surface area contributed by atoms with Gasteiger partial charge >= 0.3 is 0 Å². The molecule has 1 saturated heterocycles. The van der Waals surface area contributed by atoms with Crippen molar-refractivity contribution < 1.29 is 24.2 Å². The largest absolute Gasteiger partial charge is 0.545 e. The molecule has 0 saturated carbocycles. The van der Waals surface area contributed by atoms with E-state index in [0.717, 1.165) is 11.3 Å². The zero-order chi connectivity index (χ0) is 19.4. The molecule has 27 heavy (non-hydrogen) atoms. The van der Waals surface area contributed by atoms with Gasteiger partial charge in [-0.2, -0.15) is 0 Å². The van der Waals surface area contributed by atoms with E-state index in [0.29, 0.717) is 23.7 Å². The second-order valence-electron chi connectivity index (χ2n) is 6.18. The molecule has 0 unspecified atom stereocenters. The summed E-state index contributed by atoms with van der Waals surface area (Å²) in [5.41, 5.74) is 1.09. The van der Waals surface area contributed by atoms with E-state index in [2.05, 4.69) is 5.32 Å². The van der Waals surface area contributed by atoms with Gasteiger partial charge in [-0.3, -0.25) is 9.59 Å². The van der Waals surface area contributed by atoms with Crippen LogP contribution in [-0.4, -0.2) is 30.4 Å². The molecule has 0 radical (unpaired) electrons. The maximum absolute atomic E-state index is 12.7. The van der Waals surface area contributed by atoms with Crippen LogP contribution in [0, 0.1) is 0 Å². The summed E-state index contributed by atoms with van der Waals surface area (Å²) in [6.45, 7) is 2.61. The number of nitrogens with zero attached hydrogens (tertiary/aromatic N) is 1. The third kappa shape index (κ3) is 4.08. The molecular weight excluding hydrogens is 348 g/mol. The predicted octanol–water partition coefficient (Wildman–Crippen LogP) is 1.58. The van der Waals surface area contributed by atoms with Crippen LogP contribution in [0.4, 0.5) is 11.4 Å². The smallest absolute Gasteiger partial charge is 0.256 e. The molecular formula is C20H19N2O5-. The highest BCUT2D eigenvalue weighted by Crippen LogP contribution is 2.27. The van der Waals surface area contributed by atoms with Crippen molar-refractivity contribution in [2.45, 2.75) is 25.8 Å². The van der Waals surface area contributed by atoms with Crippen molar-refractivity contribution in [3.63, 3.8) is 0 Å². The minimum atomic E-state index is -1.27. The van der Waals surface area contributed by atoms with E-state index in [9.17, 15) is 19.5 Å². The second-order valence-corrected chi connectivity index (χ2v) is 6.18. The Morgan fingerprint density at radius 3 is 2.41 bits per heavy atom. The minimum Gasteiger partial charge on any atom is -0.545 e. The number of carboxylic acid groups (broad SMARTS) is 1. The van der Waals surface area contributed by atoms with E-state index in [1.165, 1.54) is 24.3 Å². The van der Waals surface area contributed by atoms with Gasteiger partial charge in [0.15, 0.2) is 0 Å². The fourth-order valence-corrected chi connectivity index (χ4v) is 2.83. The van der Waals surface area contributed by atoms with E-state index in [4.69, 9.17) is 4.74 Å². The normalized spacial score (nSPS) is 16.5. The van der Waals surface area contributed by atoms with Gasteiger partial charge in [0.25, 0.3) is 5.91 Å². The number of ether oxygens (including phenoxy) is 1. The quantitative estimate of drug-likeness (QED) is 0.746. The molecule has 0 bridgehead atoms.